The van der Waals surface area contributed by atoms with E-state index in [2.05, 4.69) is 4.98 Å². The number of nitrogens with two attached hydrogens (primary N) is 1. The monoisotopic (exact) mass is 350 g/mol. The summed E-state index contributed by atoms with van der Waals surface area (Å²) in [5.41, 5.74) is 6.79. The predicted molar refractivity (Wildman–Crippen MR) is 86.2 cm³/mol. The van der Waals surface area contributed by atoms with E-state index in [4.69, 9.17) is 10.8 Å². The van der Waals surface area contributed by atoms with E-state index in [1.54, 1.807) is 24.3 Å². The second kappa shape index (κ2) is 5.30. The molecule has 0 radical (unpaired) electrons. The molecule has 0 bridgehead atoms. The summed E-state index contributed by atoms with van der Waals surface area (Å²) in [6.07, 6.45) is 0. The molecule has 3 aromatic rings. The number of hydrogen-bond donors (Lipinski definition) is 3. The molecule has 0 fully saturated rings. The van der Waals surface area contributed by atoms with E-state index in [0.717, 1.165) is 11.6 Å². The van der Waals surface area contributed by atoms with Crippen molar-refractivity contribution in [3.8, 4) is 10.6 Å². The van der Waals surface area contributed by atoms with Crippen LogP contribution < -0.4 is 5.73 Å². The van der Waals surface area contributed by atoms with Crippen LogP contribution in [-0.4, -0.2) is 29.0 Å². The number of benzene rings is 2. The van der Waals surface area contributed by atoms with E-state index in [1.165, 1.54) is 17.4 Å². The number of anilines is 1. The molecule has 0 aliphatic carbocycles. The van der Waals surface area contributed by atoms with Gasteiger partial charge in [-0.2, -0.15) is 8.42 Å². The number of fused-ring (bicyclic) bond motifs is 1. The zero-order chi connectivity index (χ0) is 16.8. The molecule has 3 rings (SSSR count). The predicted octanol–water partition coefficient (Wildman–Crippen LogP) is 2.49. The van der Waals surface area contributed by atoms with Crippen LogP contribution in [0, 0.1) is 0 Å². The Bertz CT molecular complexity index is 1020. The van der Waals surface area contributed by atoms with Crippen LogP contribution >= 0.6 is 11.3 Å². The maximum Gasteiger partial charge on any atom is 0.337 e. The van der Waals surface area contributed by atoms with Gasteiger partial charge in [-0.3, -0.25) is 4.55 Å². The summed E-state index contributed by atoms with van der Waals surface area (Å²) in [7, 11) is -4.66. The summed E-state index contributed by atoms with van der Waals surface area (Å²) in [5, 5.41) is 9.72. The van der Waals surface area contributed by atoms with E-state index in [1.807, 2.05) is 0 Å². The molecular formula is C14H10N2O5S2. The topological polar surface area (TPSA) is 131 Å². The first-order chi connectivity index (χ1) is 10.8. The van der Waals surface area contributed by atoms with Crippen LogP contribution in [0.3, 0.4) is 0 Å². The number of carbonyl (C=O) groups is 1. The van der Waals surface area contributed by atoms with Crippen molar-refractivity contribution >= 4 is 43.3 Å². The minimum Gasteiger partial charge on any atom is -0.478 e. The number of nitrogens with zero attached hydrogens (tertiary/aromatic N) is 1. The highest BCUT2D eigenvalue weighted by molar-refractivity contribution is 7.86. The maximum atomic E-state index is 11.4. The van der Waals surface area contributed by atoms with Crippen molar-refractivity contribution in [2.75, 3.05) is 5.73 Å². The van der Waals surface area contributed by atoms with E-state index < -0.39 is 26.5 Å². The summed E-state index contributed by atoms with van der Waals surface area (Å²) in [4.78, 5) is 14.8. The van der Waals surface area contributed by atoms with E-state index in [0.29, 0.717) is 20.9 Å². The number of aromatic nitrogens is 1. The molecule has 118 valence electrons. The first kappa shape index (κ1) is 15.4. The minimum absolute atomic E-state index is 0.291. The van der Waals surface area contributed by atoms with Gasteiger partial charge in [0, 0.05) is 11.3 Å². The highest BCUT2D eigenvalue weighted by Gasteiger charge is 2.22. The molecule has 0 saturated heterocycles. The van der Waals surface area contributed by atoms with Crippen molar-refractivity contribution in [1.82, 2.24) is 4.98 Å². The Labute approximate surface area is 134 Å². The molecule has 7 nitrogen and oxygen atoms in total. The lowest BCUT2D eigenvalue weighted by atomic mass is 10.2. The number of aromatic carboxylic acids is 1. The molecule has 0 spiro atoms. The second-order valence-electron chi connectivity index (χ2n) is 4.74. The van der Waals surface area contributed by atoms with Gasteiger partial charge in [0.25, 0.3) is 10.1 Å². The molecule has 0 aliphatic heterocycles. The Hall–Kier alpha value is -2.49. The maximum absolute atomic E-state index is 11.4. The van der Waals surface area contributed by atoms with Gasteiger partial charge in [0.05, 0.1) is 15.8 Å². The lowest BCUT2D eigenvalue weighted by Gasteiger charge is -2.02. The van der Waals surface area contributed by atoms with Gasteiger partial charge in [-0.05, 0) is 36.4 Å². The van der Waals surface area contributed by atoms with Crippen LogP contribution in [0.1, 0.15) is 10.4 Å². The molecule has 0 unspecified atom stereocenters. The van der Waals surface area contributed by atoms with Crippen molar-refractivity contribution < 1.29 is 22.9 Å². The Morgan fingerprint density at radius 3 is 2.39 bits per heavy atom. The Morgan fingerprint density at radius 1 is 1.17 bits per heavy atom. The lowest BCUT2D eigenvalue weighted by Crippen LogP contribution is -2.07. The van der Waals surface area contributed by atoms with E-state index >= 15 is 0 Å². The molecule has 0 amide bonds. The number of hydrogen-bond acceptors (Lipinski definition) is 6. The minimum atomic E-state index is -4.66. The molecule has 0 saturated carbocycles. The van der Waals surface area contributed by atoms with Crippen LogP contribution in [0.5, 0.6) is 0 Å². The van der Waals surface area contributed by atoms with Gasteiger partial charge in [0.1, 0.15) is 9.90 Å². The van der Waals surface area contributed by atoms with Crippen LogP contribution in [0.25, 0.3) is 20.8 Å². The lowest BCUT2D eigenvalue weighted by molar-refractivity contribution is 0.0692. The number of carboxylic acid groups (broad SMARTS) is 1. The molecule has 23 heavy (non-hydrogen) atoms. The highest BCUT2D eigenvalue weighted by Crippen LogP contribution is 2.33. The van der Waals surface area contributed by atoms with Gasteiger partial charge in [-0.1, -0.05) is 0 Å². The fraction of sp³-hybridized carbons (Fsp3) is 0. The molecule has 0 aliphatic rings. The standard InChI is InChI=1S/C14H10N2O5S2/c15-8-3-1-7(2-4-8)13-16-10-6-12(23(19,20)21)9(14(17)18)5-11(10)22-13/h1-6H,15H2,(H,17,18)(H,19,20,21). The van der Waals surface area contributed by atoms with Gasteiger partial charge >= 0.3 is 5.97 Å². The summed E-state index contributed by atoms with van der Waals surface area (Å²) < 4.78 is 32.4. The highest BCUT2D eigenvalue weighted by atomic mass is 32.2. The Morgan fingerprint density at radius 2 is 1.83 bits per heavy atom. The van der Waals surface area contributed by atoms with Crippen molar-refractivity contribution in [3.05, 3.63) is 42.0 Å². The molecular weight excluding hydrogens is 340 g/mol. The average Bonchev–Trinajstić information content (AvgIpc) is 2.88. The summed E-state index contributed by atoms with van der Waals surface area (Å²) in [6, 6.07) is 9.18. The van der Waals surface area contributed by atoms with Crippen molar-refractivity contribution in [2.45, 2.75) is 4.90 Å². The molecule has 9 heteroatoms. The molecule has 0 atom stereocenters. The summed E-state index contributed by atoms with van der Waals surface area (Å²) in [5.74, 6) is -1.44. The van der Waals surface area contributed by atoms with Gasteiger partial charge < -0.3 is 10.8 Å². The molecule has 4 N–H and O–H groups in total. The Balaban J connectivity index is 2.24. The van der Waals surface area contributed by atoms with Crippen molar-refractivity contribution in [2.24, 2.45) is 0 Å². The SMILES string of the molecule is Nc1ccc(-c2nc3cc(S(=O)(=O)O)c(C(=O)O)cc3s2)cc1. The van der Waals surface area contributed by atoms with Crippen LogP contribution in [0.4, 0.5) is 5.69 Å². The average molecular weight is 350 g/mol. The fourth-order valence-corrected chi connectivity index (χ4v) is 3.76. The first-order valence-corrected chi connectivity index (χ1v) is 8.52. The van der Waals surface area contributed by atoms with Gasteiger partial charge in [-0.25, -0.2) is 9.78 Å². The van der Waals surface area contributed by atoms with Gasteiger partial charge in [-0.15, -0.1) is 11.3 Å². The smallest absolute Gasteiger partial charge is 0.337 e. The number of thiazole rings is 1. The van der Waals surface area contributed by atoms with Gasteiger partial charge in [0.15, 0.2) is 0 Å². The quantitative estimate of drug-likeness (QED) is 0.488. The number of nitrogen functional groups attached to an aromatic ring is 1. The van der Waals surface area contributed by atoms with E-state index in [9.17, 15) is 17.8 Å². The molecule has 1 aromatic heterocycles. The second-order valence-corrected chi connectivity index (χ2v) is 7.16. The van der Waals surface area contributed by atoms with E-state index in [-0.39, 0.29) is 0 Å². The fourth-order valence-electron chi connectivity index (χ4n) is 2.08. The normalized spacial score (nSPS) is 11.7. The van der Waals surface area contributed by atoms with Crippen molar-refractivity contribution in [1.29, 1.82) is 0 Å². The first-order valence-electron chi connectivity index (χ1n) is 6.27. The van der Waals surface area contributed by atoms with Crippen LogP contribution in [0.2, 0.25) is 0 Å². The van der Waals surface area contributed by atoms with Crippen LogP contribution in [0.15, 0.2) is 41.3 Å². The zero-order valence-electron chi connectivity index (χ0n) is 11.4. The third-order valence-corrected chi connectivity index (χ3v) is 5.12. The van der Waals surface area contributed by atoms with Crippen LogP contribution in [-0.2, 0) is 10.1 Å². The summed E-state index contributed by atoms with van der Waals surface area (Å²) in [6.45, 7) is 0. The largest absolute Gasteiger partial charge is 0.478 e. The molecule has 2 aromatic carbocycles. The molecule has 1 heterocycles. The van der Waals surface area contributed by atoms with Gasteiger partial charge in [0.2, 0.25) is 0 Å². The Kier molecular flexibility index (Phi) is 3.55. The van der Waals surface area contributed by atoms with Crippen molar-refractivity contribution in [3.63, 3.8) is 0 Å². The third kappa shape index (κ3) is 2.89. The number of rotatable bonds is 3. The summed E-state index contributed by atoms with van der Waals surface area (Å²) >= 11 is 1.22. The zero-order valence-corrected chi connectivity index (χ0v) is 13.1. The third-order valence-electron chi connectivity index (χ3n) is 3.16. The number of carboxylic acids is 1.